The maximum absolute atomic E-state index is 3.88. The van der Waals surface area contributed by atoms with Gasteiger partial charge in [-0.1, -0.05) is 62.8 Å². The third-order valence-electron chi connectivity index (χ3n) is 7.44. The van der Waals surface area contributed by atoms with Crippen molar-refractivity contribution in [1.29, 1.82) is 0 Å². The Hall–Kier alpha value is -0.861. The van der Waals surface area contributed by atoms with Crippen molar-refractivity contribution in [2.24, 2.45) is 0 Å². The van der Waals surface area contributed by atoms with Crippen molar-refractivity contribution < 1.29 is 17.1 Å². The molecule has 3 aromatic carbocycles. The fourth-order valence-electron chi connectivity index (χ4n) is 5.79. The van der Waals surface area contributed by atoms with Crippen molar-refractivity contribution in [2.75, 3.05) is 39.3 Å². The van der Waals surface area contributed by atoms with Gasteiger partial charge in [-0.2, -0.15) is 11.6 Å². The van der Waals surface area contributed by atoms with Crippen LogP contribution in [0.4, 0.5) is 0 Å². The first-order chi connectivity index (χ1) is 17.4. The van der Waals surface area contributed by atoms with Crippen LogP contribution in [0.1, 0.15) is 37.5 Å². The van der Waals surface area contributed by atoms with E-state index < -0.39 is 0 Å². The summed E-state index contributed by atoms with van der Waals surface area (Å²) in [4.78, 5) is 0. The predicted octanol–water partition coefficient (Wildman–Crippen LogP) is 4.34. The van der Waals surface area contributed by atoms with Crippen LogP contribution in [0.5, 0.6) is 0 Å². The average Bonchev–Trinajstić information content (AvgIpc) is 3.62. The number of piperazine rings is 2. The van der Waals surface area contributed by atoms with Crippen LogP contribution < -0.4 is 21.3 Å². The van der Waals surface area contributed by atoms with Crippen LogP contribution in [0.3, 0.4) is 0 Å². The minimum absolute atomic E-state index is 0. The second kappa shape index (κ2) is 14.0. The molecule has 0 radical (unpaired) electrons. The van der Waals surface area contributed by atoms with Crippen molar-refractivity contribution in [2.45, 2.75) is 49.6 Å². The SMILES string of the molecule is CC(C)(C)[c-]1c(-c2ccccc2)cc(CP)c1C(P)(C1CNCCN1)C1CNCCN1.[Fe].[cH-]1[cH-][cH-][cH-][cH-]1. The summed E-state index contributed by atoms with van der Waals surface area (Å²) in [5.74, 6) is 0. The molecule has 4 unspecified atom stereocenters. The van der Waals surface area contributed by atoms with Crippen molar-refractivity contribution in [3.05, 3.63) is 83.4 Å². The Labute approximate surface area is 239 Å². The first-order valence-corrected chi connectivity index (χ1v) is 14.7. The molecule has 0 spiro atoms. The third-order valence-corrected chi connectivity index (χ3v) is 8.97. The molecule has 4 nitrogen and oxygen atoms in total. The summed E-state index contributed by atoms with van der Waals surface area (Å²) < 4.78 is 0. The van der Waals surface area contributed by atoms with Crippen molar-refractivity contribution in [1.82, 2.24) is 21.3 Å². The van der Waals surface area contributed by atoms with Crippen LogP contribution in [0.2, 0.25) is 0 Å². The monoisotopic (exact) mass is 578 g/mol. The molecular formula is C30H44FeN4P2-6. The van der Waals surface area contributed by atoms with E-state index in [-0.39, 0.29) is 27.6 Å². The third kappa shape index (κ3) is 7.02. The molecular weight excluding hydrogens is 534 g/mol. The number of rotatable bonds is 5. The largest absolute Gasteiger partial charge is 0.748 e. The Morgan fingerprint density at radius 2 is 1.38 bits per heavy atom. The van der Waals surface area contributed by atoms with Gasteiger partial charge in [-0.3, -0.25) is 0 Å². The standard InChI is InChI=1S/C25H39N4P2.C5H5.Fe/c1-24(2,3)23-19(17-7-5-4-6-8-17)13-18(16-30)22(23)25(31,20-14-26-9-11-28-20)21-15-27-10-12-29-21;1-2-4-5-3-1;/h4-8,13,20-21,26-29H,9-12,14-16,30-31H2,1-3H3;1-5H;/q-1;-5;. The molecule has 0 aromatic heterocycles. The Kier molecular flexibility index (Phi) is 11.6. The van der Waals surface area contributed by atoms with Gasteiger partial charge in [0.25, 0.3) is 0 Å². The van der Waals surface area contributed by atoms with Gasteiger partial charge in [0.15, 0.2) is 0 Å². The van der Waals surface area contributed by atoms with Gasteiger partial charge >= 0.3 is 0 Å². The van der Waals surface area contributed by atoms with Crippen LogP contribution in [0, 0.1) is 0 Å². The first kappa shape index (κ1) is 30.7. The van der Waals surface area contributed by atoms with Gasteiger partial charge in [0.1, 0.15) is 0 Å². The Bertz CT molecular complexity index is 1010. The van der Waals surface area contributed by atoms with E-state index in [1.807, 2.05) is 30.3 Å². The topological polar surface area (TPSA) is 48.1 Å². The quantitative estimate of drug-likeness (QED) is 0.207. The van der Waals surface area contributed by atoms with Crippen LogP contribution >= 0.6 is 18.5 Å². The molecule has 2 aliphatic rings. The normalized spacial score (nSPS) is 21.8. The molecule has 7 heteroatoms. The summed E-state index contributed by atoms with van der Waals surface area (Å²) in [5, 5.41) is 14.9. The van der Waals surface area contributed by atoms with Crippen LogP contribution in [0.25, 0.3) is 11.1 Å². The molecule has 4 N–H and O–H groups in total. The fraction of sp³-hybridized carbons (Fsp3) is 0.467. The summed E-state index contributed by atoms with van der Waals surface area (Å²) in [6, 6.07) is 24.1. The molecule has 208 valence electrons. The Morgan fingerprint density at radius 1 is 0.865 bits per heavy atom. The van der Waals surface area contributed by atoms with Crippen molar-refractivity contribution >= 4 is 18.5 Å². The average molecular weight is 579 g/mol. The summed E-state index contributed by atoms with van der Waals surface area (Å²) in [6.07, 6.45) is 0.960. The second-order valence-corrected chi connectivity index (χ2v) is 12.3. The summed E-state index contributed by atoms with van der Waals surface area (Å²) in [5.41, 5.74) is 7.19. The maximum atomic E-state index is 3.88. The van der Waals surface area contributed by atoms with E-state index in [0.717, 1.165) is 45.4 Å². The fourth-order valence-corrected chi connectivity index (χ4v) is 6.91. The number of benzene rings is 1. The zero-order chi connectivity index (χ0) is 25.6. The summed E-state index contributed by atoms with van der Waals surface area (Å²) in [7, 11) is 6.35. The molecule has 0 saturated carbocycles. The van der Waals surface area contributed by atoms with Crippen molar-refractivity contribution in [3.8, 4) is 11.1 Å². The van der Waals surface area contributed by atoms with Crippen LogP contribution in [-0.4, -0.2) is 51.4 Å². The van der Waals surface area contributed by atoms with Crippen molar-refractivity contribution in [3.63, 3.8) is 0 Å². The molecule has 0 bridgehead atoms. The summed E-state index contributed by atoms with van der Waals surface area (Å²) >= 11 is 0. The van der Waals surface area contributed by atoms with Gasteiger partial charge in [-0.05, 0) is 5.41 Å². The van der Waals surface area contributed by atoms with E-state index in [9.17, 15) is 0 Å². The van der Waals surface area contributed by atoms with E-state index in [1.165, 1.54) is 27.8 Å². The van der Waals surface area contributed by atoms with E-state index in [2.05, 4.69) is 96.9 Å². The van der Waals surface area contributed by atoms with E-state index in [0.29, 0.717) is 12.1 Å². The van der Waals surface area contributed by atoms with E-state index in [1.54, 1.807) is 0 Å². The van der Waals surface area contributed by atoms with Gasteiger partial charge < -0.3 is 51.6 Å². The van der Waals surface area contributed by atoms with Gasteiger partial charge in [0.05, 0.1) is 0 Å². The van der Waals surface area contributed by atoms with Crippen LogP contribution in [-0.2, 0) is 33.8 Å². The first-order valence-electron chi connectivity index (χ1n) is 13.3. The van der Waals surface area contributed by atoms with Crippen LogP contribution in [0.15, 0.2) is 66.7 Å². The second-order valence-electron chi connectivity index (χ2n) is 11.0. The molecule has 5 rings (SSSR count). The van der Waals surface area contributed by atoms with Gasteiger partial charge in [0, 0.05) is 73.6 Å². The zero-order valence-corrected chi connectivity index (χ0v) is 25.9. The Balaban J connectivity index is 0.000000568. The number of hydrogen-bond donors (Lipinski definition) is 4. The van der Waals surface area contributed by atoms with Gasteiger partial charge in [-0.15, -0.1) is 35.2 Å². The van der Waals surface area contributed by atoms with E-state index >= 15 is 0 Å². The Morgan fingerprint density at radius 3 is 1.78 bits per heavy atom. The molecule has 0 aliphatic carbocycles. The maximum Gasteiger partial charge on any atom is 0.0324 e. The van der Waals surface area contributed by atoms with E-state index in [4.69, 9.17) is 0 Å². The predicted molar refractivity (Wildman–Crippen MR) is 162 cm³/mol. The molecule has 2 aliphatic heterocycles. The molecule has 0 amide bonds. The molecule has 2 fully saturated rings. The smallest absolute Gasteiger partial charge is 0.0324 e. The van der Waals surface area contributed by atoms with Gasteiger partial charge in [-0.25, -0.2) is 0 Å². The molecule has 4 atom stereocenters. The minimum atomic E-state index is -0.123. The molecule has 3 aromatic rings. The number of hydrogen-bond acceptors (Lipinski definition) is 4. The summed E-state index contributed by atoms with van der Waals surface area (Å²) in [6.45, 7) is 13.2. The molecule has 2 heterocycles. The zero-order valence-electron chi connectivity index (χ0n) is 22.5. The van der Waals surface area contributed by atoms with Gasteiger partial charge in [0.2, 0.25) is 0 Å². The molecule has 2 saturated heterocycles. The molecule has 37 heavy (non-hydrogen) atoms. The minimum Gasteiger partial charge on any atom is -0.748 e. The number of nitrogens with one attached hydrogen (secondary N) is 4.